The van der Waals surface area contributed by atoms with Crippen molar-refractivity contribution in [2.75, 3.05) is 6.54 Å². The van der Waals surface area contributed by atoms with Crippen molar-refractivity contribution in [2.24, 2.45) is 39.4 Å². The van der Waals surface area contributed by atoms with E-state index in [0.717, 1.165) is 94.4 Å². The van der Waals surface area contributed by atoms with Crippen molar-refractivity contribution in [1.82, 2.24) is 14.4 Å². The van der Waals surface area contributed by atoms with E-state index in [2.05, 4.69) is 79.6 Å². The van der Waals surface area contributed by atoms with Crippen LogP contribution < -0.4 is 10.5 Å². The smallest absolute Gasteiger partial charge is 0.240 e. The van der Waals surface area contributed by atoms with Gasteiger partial charge in [0, 0.05) is 59.6 Å². The highest BCUT2D eigenvalue weighted by atomic mass is 19.1. The summed E-state index contributed by atoms with van der Waals surface area (Å²) in [5, 5.41) is 1.13. The molecule has 4 heterocycles. The topological polar surface area (TPSA) is 106 Å². The van der Waals surface area contributed by atoms with Gasteiger partial charge in [-0.05, 0) is 123 Å². The normalized spacial score (nSPS) is 26.4. The van der Waals surface area contributed by atoms with Gasteiger partial charge in [0.15, 0.2) is 6.23 Å². The van der Waals surface area contributed by atoms with Gasteiger partial charge in [-0.15, -0.1) is 0 Å². The number of hydrogen-bond acceptors (Lipinski definition) is 6. The molecule has 9 nitrogen and oxygen atoms in total. The number of carbonyl (C=O) groups is 2. The summed E-state index contributed by atoms with van der Waals surface area (Å²) in [5.74, 6) is 2.36. The van der Waals surface area contributed by atoms with E-state index in [1.807, 2.05) is 40.1 Å². The summed E-state index contributed by atoms with van der Waals surface area (Å²) in [6.45, 7) is 16.3. The zero-order valence-electron chi connectivity index (χ0n) is 36.2. The van der Waals surface area contributed by atoms with Crippen molar-refractivity contribution in [2.45, 2.75) is 143 Å². The molecule has 4 fully saturated rings. The molecular formula is C49H63FN6O3. The number of amides is 2. The van der Waals surface area contributed by atoms with Gasteiger partial charge in [-0.2, -0.15) is 0 Å². The zero-order valence-corrected chi connectivity index (χ0v) is 36.2. The van der Waals surface area contributed by atoms with E-state index < -0.39 is 18.3 Å². The molecular weight excluding hydrogens is 740 g/mol. The molecule has 2 N–H and O–H groups in total. The van der Waals surface area contributed by atoms with Crippen LogP contribution >= 0.6 is 0 Å². The molecule has 1 aromatic heterocycles. The summed E-state index contributed by atoms with van der Waals surface area (Å²) in [6.07, 6.45) is 9.84. The first-order chi connectivity index (χ1) is 28.2. The Morgan fingerprint density at radius 3 is 2.32 bits per heavy atom. The van der Waals surface area contributed by atoms with Gasteiger partial charge < -0.3 is 24.8 Å². The number of fused-ring (bicyclic) bond motifs is 6. The van der Waals surface area contributed by atoms with Crippen LogP contribution in [-0.2, 0) is 9.59 Å². The molecule has 2 aliphatic carbocycles. The summed E-state index contributed by atoms with van der Waals surface area (Å²) in [5.41, 5.74) is 15.6. The van der Waals surface area contributed by atoms with E-state index in [1.54, 1.807) is 4.90 Å². The second-order valence-corrected chi connectivity index (χ2v) is 18.8. The molecule has 8 rings (SSSR count). The molecule has 2 saturated heterocycles. The van der Waals surface area contributed by atoms with Crippen LogP contribution in [0.25, 0.3) is 33.3 Å². The highest BCUT2D eigenvalue weighted by Crippen LogP contribution is 2.51. The average Bonchev–Trinajstić information content (AvgIpc) is 4.09. The molecule has 3 aliphatic heterocycles. The lowest BCUT2D eigenvalue weighted by Crippen LogP contribution is -2.50. The van der Waals surface area contributed by atoms with Crippen LogP contribution in [-0.4, -0.2) is 74.5 Å². The maximum Gasteiger partial charge on any atom is 0.240 e. The third-order valence-corrected chi connectivity index (χ3v) is 13.3. The van der Waals surface area contributed by atoms with Crippen molar-refractivity contribution in [3.8, 4) is 17.0 Å². The minimum atomic E-state index is -1.09. The Morgan fingerprint density at radius 2 is 1.63 bits per heavy atom. The first-order valence-corrected chi connectivity index (χ1v) is 22.2. The minimum absolute atomic E-state index is 0.0305. The molecule has 0 bridgehead atoms. The van der Waals surface area contributed by atoms with Crippen LogP contribution in [0.5, 0.6) is 5.75 Å². The highest BCUT2D eigenvalue weighted by molar-refractivity contribution is 5.96. The second kappa shape index (κ2) is 16.5. The minimum Gasteiger partial charge on any atom is -0.469 e. The molecule has 7 atom stereocenters. The molecule has 2 aromatic carbocycles. The molecule has 59 heavy (non-hydrogen) atoms. The summed E-state index contributed by atoms with van der Waals surface area (Å²) in [6, 6.07) is 14.8. The molecule has 5 aliphatic rings. The van der Waals surface area contributed by atoms with E-state index in [9.17, 15) is 14.0 Å². The number of aromatic nitrogens is 1. The maximum atomic E-state index is 14.6. The summed E-state index contributed by atoms with van der Waals surface area (Å²) < 4.78 is 23.9. The number of nitrogens with zero attached hydrogens (tertiary/aromatic N) is 5. The van der Waals surface area contributed by atoms with Gasteiger partial charge in [-0.1, -0.05) is 53.2 Å². The van der Waals surface area contributed by atoms with Crippen LogP contribution in [0.2, 0.25) is 0 Å². The fraction of sp³-hybridized carbons (Fsp3) is 0.551. The number of hydrogen-bond donors (Lipinski definition) is 1. The van der Waals surface area contributed by atoms with Gasteiger partial charge in [0.1, 0.15) is 11.9 Å². The van der Waals surface area contributed by atoms with Crippen molar-refractivity contribution < 1.29 is 18.7 Å². The van der Waals surface area contributed by atoms with Gasteiger partial charge in [0.2, 0.25) is 11.8 Å². The monoisotopic (exact) mass is 802 g/mol. The fourth-order valence-electron chi connectivity index (χ4n) is 9.57. The van der Waals surface area contributed by atoms with Crippen molar-refractivity contribution in [1.29, 1.82) is 0 Å². The van der Waals surface area contributed by atoms with E-state index in [4.69, 9.17) is 20.5 Å². The number of aliphatic imine (C=N–C) groups is 2. The lowest BCUT2D eigenvalue weighted by Gasteiger charge is -2.30. The SMILES string of the molecule is CCC/C(=N\C=C(/C)c1ccc2c(c1)OC(C1CC1)n1c-2cc2cc(/C(C)=C/N=C(\C)[C@@H]3CC(F)CN3C(=O)[C@@H](N)C(C)C)ccc21)[C@@H]1C[C@H]2C[C@H]2N1C(=O)CC(C)C. The molecule has 0 radical (unpaired) electrons. The van der Waals surface area contributed by atoms with Gasteiger partial charge >= 0.3 is 0 Å². The number of piperidine rings is 1. The standard InChI is InChI=1S/C49H63FN6O3/c1-9-10-39(44-21-36-19-42(36)55(44)46(57)17-27(2)3)53-25-30(7)34-13-15-38-43-20-35-18-33(14-16-40(35)56(43)49(32-11-12-32)59-45(38)22-34)29(6)24-52-31(8)41-23-37(50)26-54(41)48(58)47(51)28(4)5/h13-16,18,20,22,24-25,27-28,32,36-37,41-42,44,47,49H,9-12,17,19,21,23,26,51H2,1-8H3/b29-24+,30-25+,52-31+,53-39+/t36-,37?,41+,42-,44+,47+,49?/m1/s1. The third-order valence-electron chi connectivity index (χ3n) is 13.3. The Balaban J connectivity index is 1.05. The Morgan fingerprint density at radius 1 is 0.915 bits per heavy atom. The Hall–Kier alpha value is -4.57. The Labute approximate surface area is 349 Å². The molecule has 10 heteroatoms. The predicted molar refractivity (Wildman–Crippen MR) is 237 cm³/mol. The van der Waals surface area contributed by atoms with Crippen LogP contribution in [0.4, 0.5) is 4.39 Å². The Bertz CT molecular complexity index is 2250. The van der Waals surface area contributed by atoms with Gasteiger partial charge in [-0.25, -0.2) is 4.39 Å². The van der Waals surface area contributed by atoms with Crippen LogP contribution in [0.3, 0.4) is 0 Å². The predicted octanol–water partition coefficient (Wildman–Crippen LogP) is 9.99. The molecule has 3 aromatic rings. The van der Waals surface area contributed by atoms with E-state index in [-0.39, 0.29) is 43.0 Å². The number of halogens is 1. The van der Waals surface area contributed by atoms with Gasteiger partial charge in [0.05, 0.1) is 35.9 Å². The van der Waals surface area contributed by atoms with Crippen molar-refractivity contribution >= 4 is 45.3 Å². The fourth-order valence-corrected chi connectivity index (χ4v) is 9.57. The number of likely N-dealkylation sites (tertiary alicyclic amines) is 2. The number of allylic oxidation sites excluding steroid dienone is 2. The Kier molecular flexibility index (Phi) is 11.5. The molecule has 314 valence electrons. The number of nitrogens with two attached hydrogens (primary N) is 1. The number of rotatable bonds is 13. The molecule has 2 saturated carbocycles. The average molecular weight is 803 g/mol. The van der Waals surface area contributed by atoms with E-state index in [0.29, 0.717) is 35.9 Å². The van der Waals surface area contributed by atoms with Crippen molar-refractivity contribution in [3.05, 3.63) is 66.0 Å². The number of ether oxygens (including phenoxy) is 1. The summed E-state index contributed by atoms with van der Waals surface area (Å²) >= 11 is 0. The summed E-state index contributed by atoms with van der Waals surface area (Å²) in [4.78, 5) is 40.1. The quantitative estimate of drug-likeness (QED) is 0.174. The number of carbonyl (C=O) groups excluding carboxylic acids is 2. The highest BCUT2D eigenvalue weighted by Gasteiger charge is 2.54. The molecule has 0 spiro atoms. The zero-order chi connectivity index (χ0) is 41.9. The van der Waals surface area contributed by atoms with Gasteiger partial charge in [-0.3, -0.25) is 19.6 Å². The van der Waals surface area contributed by atoms with Crippen LogP contribution in [0.1, 0.15) is 124 Å². The third kappa shape index (κ3) is 8.18. The number of alkyl halides is 1. The van der Waals surface area contributed by atoms with E-state index in [1.165, 1.54) is 0 Å². The second-order valence-electron chi connectivity index (χ2n) is 18.8. The summed E-state index contributed by atoms with van der Waals surface area (Å²) in [7, 11) is 0. The first kappa shape index (κ1) is 41.2. The largest absolute Gasteiger partial charge is 0.469 e. The molecule has 2 unspecified atom stereocenters. The first-order valence-electron chi connectivity index (χ1n) is 22.2. The van der Waals surface area contributed by atoms with Crippen molar-refractivity contribution in [3.63, 3.8) is 0 Å². The maximum absolute atomic E-state index is 14.6. The van der Waals surface area contributed by atoms with Crippen LogP contribution in [0, 0.1) is 23.7 Å². The van der Waals surface area contributed by atoms with Gasteiger partial charge in [0.25, 0.3) is 0 Å². The lowest BCUT2D eigenvalue weighted by atomic mass is 10.0. The lowest BCUT2D eigenvalue weighted by molar-refractivity contribution is -0.134. The number of benzene rings is 2. The molecule has 2 amide bonds. The van der Waals surface area contributed by atoms with E-state index >= 15 is 0 Å². The van der Waals surface area contributed by atoms with Crippen LogP contribution in [0.15, 0.2) is 64.8 Å².